The van der Waals surface area contributed by atoms with Gasteiger partial charge in [0.2, 0.25) is 10.0 Å². The van der Waals surface area contributed by atoms with Gasteiger partial charge in [0.1, 0.15) is 0 Å². The van der Waals surface area contributed by atoms with E-state index in [2.05, 4.69) is 0 Å². The number of nitrogens with zero attached hydrogens (tertiary/aromatic N) is 1. The van der Waals surface area contributed by atoms with Crippen LogP contribution in [0.25, 0.3) is 0 Å². The highest BCUT2D eigenvalue weighted by Crippen LogP contribution is 2.41. The van der Waals surface area contributed by atoms with Gasteiger partial charge in [-0.25, -0.2) is 8.42 Å². The Hall–Kier alpha value is -1.30. The zero-order chi connectivity index (χ0) is 14.0. The van der Waals surface area contributed by atoms with Crippen molar-refractivity contribution >= 4 is 21.8 Å². The molecule has 20 heavy (non-hydrogen) atoms. The molecule has 0 radical (unpaired) electrons. The van der Waals surface area contributed by atoms with Crippen molar-refractivity contribution in [1.29, 1.82) is 0 Å². The van der Waals surface area contributed by atoms with Crippen LogP contribution < -0.4 is 0 Å². The van der Waals surface area contributed by atoms with Crippen molar-refractivity contribution in [3.05, 3.63) is 66.2 Å². The van der Waals surface area contributed by atoms with Crippen LogP contribution in [0.2, 0.25) is 0 Å². The van der Waals surface area contributed by atoms with Gasteiger partial charge in [-0.2, -0.15) is 4.31 Å². The Morgan fingerprint density at radius 2 is 1.55 bits per heavy atom. The van der Waals surface area contributed by atoms with Crippen molar-refractivity contribution in [3.8, 4) is 0 Å². The summed E-state index contributed by atoms with van der Waals surface area (Å²) in [6.45, 7) is 0.557. The van der Waals surface area contributed by atoms with E-state index in [0.717, 1.165) is 11.3 Å². The van der Waals surface area contributed by atoms with Gasteiger partial charge < -0.3 is 0 Å². The first-order valence-electron chi connectivity index (χ1n) is 6.43. The Bertz CT molecular complexity index is 672. The van der Waals surface area contributed by atoms with Crippen molar-refractivity contribution in [2.24, 2.45) is 0 Å². The first-order chi connectivity index (χ1) is 9.69. The van der Waals surface area contributed by atoms with Gasteiger partial charge in [0, 0.05) is 12.3 Å². The third-order valence-electron chi connectivity index (χ3n) is 3.28. The molecule has 0 amide bonds. The maximum atomic E-state index is 12.7. The van der Waals surface area contributed by atoms with E-state index in [0.29, 0.717) is 11.4 Å². The van der Waals surface area contributed by atoms with Crippen LogP contribution in [-0.4, -0.2) is 25.0 Å². The molecule has 0 unspecified atom stereocenters. The van der Waals surface area contributed by atoms with Gasteiger partial charge in [-0.15, -0.1) is 11.8 Å². The van der Waals surface area contributed by atoms with Crippen molar-refractivity contribution in [2.75, 3.05) is 12.3 Å². The van der Waals surface area contributed by atoms with E-state index >= 15 is 0 Å². The fourth-order valence-electron chi connectivity index (χ4n) is 2.31. The molecule has 2 aromatic rings. The Morgan fingerprint density at radius 1 is 0.950 bits per heavy atom. The smallest absolute Gasteiger partial charge is 0.207 e. The highest BCUT2D eigenvalue weighted by Gasteiger charge is 2.36. The average Bonchev–Trinajstić information content (AvgIpc) is 2.99. The zero-order valence-corrected chi connectivity index (χ0v) is 12.5. The van der Waals surface area contributed by atoms with Crippen LogP contribution >= 0.6 is 11.8 Å². The van der Waals surface area contributed by atoms with Crippen molar-refractivity contribution in [1.82, 2.24) is 4.31 Å². The molecule has 5 heteroatoms. The second-order valence-corrected chi connectivity index (χ2v) is 7.64. The molecule has 1 aliphatic rings. The predicted molar refractivity (Wildman–Crippen MR) is 82.0 cm³/mol. The molecule has 1 saturated heterocycles. The summed E-state index contributed by atoms with van der Waals surface area (Å²) in [5.41, 5.74) is 1.04. The van der Waals surface area contributed by atoms with Gasteiger partial charge in [-0.05, 0) is 17.7 Å². The summed E-state index contributed by atoms with van der Waals surface area (Å²) in [7, 11) is -3.42. The van der Waals surface area contributed by atoms with Gasteiger partial charge in [-0.3, -0.25) is 0 Å². The summed E-state index contributed by atoms with van der Waals surface area (Å²) >= 11 is 1.67. The van der Waals surface area contributed by atoms with E-state index in [-0.39, 0.29) is 5.37 Å². The maximum absolute atomic E-state index is 12.7. The van der Waals surface area contributed by atoms with Gasteiger partial charge in [-0.1, -0.05) is 48.5 Å². The molecule has 3 nitrogen and oxygen atoms in total. The summed E-state index contributed by atoms with van der Waals surface area (Å²) < 4.78 is 27.1. The quantitative estimate of drug-likeness (QED) is 0.874. The van der Waals surface area contributed by atoms with Crippen LogP contribution in [-0.2, 0) is 10.0 Å². The molecule has 3 rings (SSSR count). The van der Waals surface area contributed by atoms with Crippen LogP contribution in [0, 0.1) is 0 Å². The molecular weight excluding hydrogens is 290 g/mol. The first kappa shape index (κ1) is 13.7. The number of sulfonamides is 1. The molecule has 1 atom stereocenters. The maximum Gasteiger partial charge on any atom is 0.244 e. The lowest BCUT2D eigenvalue weighted by Gasteiger charge is -2.23. The lowest BCUT2D eigenvalue weighted by atomic mass is 10.2. The van der Waals surface area contributed by atoms with Crippen LogP contribution in [0.1, 0.15) is 10.9 Å². The fraction of sp³-hybridized carbons (Fsp3) is 0.200. The molecule has 0 spiro atoms. The average molecular weight is 305 g/mol. The molecule has 104 valence electrons. The minimum absolute atomic E-state index is 0.124. The summed E-state index contributed by atoms with van der Waals surface area (Å²) in [5, 5.41) is -0.124. The molecule has 2 aromatic carbocycles. The van der Waals surface area contributed by atoms with Crippen LogP contribution in [0.3, 0.4) is 0 Å². The largest absolute Gasteiger partial charge is 0.244 e. The van der Waals surface area contributed by atoms with Gasteiger partial charge >= 0.3 is 0 Å². The Balaban J connectivity index is 1.97. The Kier molecular flexibility index (Phi) is 3.83. The summed E-state index contributed by atoms with van der Waals surface area (Å²) in [5.74, 6) is 0.825. The van der Waals surface area contributed by atoms with Crippen LogP contribution in [0.15, 0.2) is 65.6 Å². The van der Waals surface area contributed by atoms with Crippen molar-refractivity contribution in [3.63, 3.8) is 0 Å². The molecule has 0 bridgehead atoms. The van der Waals surface area contributed by atoms with Gasteiger partial charge in [0.15, 0.2) is 0 Å². The minimum Gasteiger partial charge on any atom is -0.207 e. The number of benzene rings is 2. The number of rotatable bonds is 3. The van der Waals surface area contributed by atoms with Gasteiger partial charge in [0.05, 0.1) is 10.3 Å². The Morgan fingerprint density at radius 3 is 2.20 bits per heavy atom. The molecule has 0 N–H and O–H groups in total. The van der Waals surface area contributed by atoms with E-state index in [9.17, 15) is 8.42 Å². The third kappa shape index (κ3) is 2.49. The molecular formula is C15H15NO2S2. The lowest BCUT2D eigenvalue weighted by Crippen LogP contribution is -2.30. The topological polar surface area (TPSA) is 37.4 Å². The van der Waals surface area contributed by atoms with E-state index in [4.69, 9.17) is 0 Å². The second kappa shape index (κ2) is 5.60. The third-order valence-corrected chi connectivity index (χ3v) is 6.56. The normalized spacial score (nSPS) is 20.1. The molecule has 1 aliphatic heterocycles. The van der Waals surface area contributed by atoms with Crippen molar-refractivity contribution < 1.29 is 8.42 Å². The predicted octanol–water partition coefficient (Wildman–Crippen LogP) is 3.12. The van der Waals surface area contributed by atoms with Gasteiger partial charge in [0.25, 0.3) is 0 Å². The second-order valence-electron chi connectivity index (χ2n) is 4.56. The molecule has 0 saturated carbocycles. The zero-order valence-electron chi connectivity index (χ0n) is 10.8. The highest BCUT2D eigenvalue weighted by molar-refractivity contribution is 8.01. The SMILES string of the molecule is O=S(=O)(c1ccccc1)N1CCS[C@@H]1c1ccccc1. The monoisotopic (exact) mass is 305 g/mol. The number of hydrogen-bond acceptors (Lipinski definition) is 3. The highest BCUT2D eigenvalue weighted by atomic mass is 32.2. The molecule has 0 aliphatic carbocycles. The first-order valence-corrected chi connectivity index (χ1v) is 8.92. The van der Waals surface area contributed by atoms with E-state index in [1.807, 2.05) is 36.4 Å². The van der Waals surface area contributed by atoms with E-state index in [1.165, 1.54) is 0 Å². The standard InChI is InChI=1S/C15H15NO2S2/c17-20(18,14-9-5-2-6-10-14)16-11-12-19-15(16)13-7-3-1-4-8-13/h1-10,15H,11-12H2/t15-/m1/s1. The number of hydrogen-bond donors (Lipinski definition) is 0. The van der Waals surface area contributed by atoms with E-state index in [1.54, 1.807) is 40.3 Å². The summed E-state index contributed by atoms with van der Waals surface area (Å²) in [6.07, 6.45) is 0. The number of thioether (sulfide) groups is 1. The van der Waals surface area contributed by atoms with Crippen molar-refractivity contribution in [2.45, 2.75) is 10.3 Å². The molecule has 1 fully saturated rings. The summed E-state index contributed by atoms with van der Waals surface area (Å²) in [4.78, 5) is 0.364. The lowest BCUT2D eigenvalue weighted by molar-refractivity contribution is 0.434. The molecule has 1 heterocycles. The Labute approximate surface area is 123 Å². The van der Waals surface area contributed by atoms with Crippen LogP contribution in [0.5, 0.6) is 0 Å². The van der Waals surface area contributed by atoms with E-state index < -0.39 is 10.0 Å². The minimum atomic E-state index is -3.42. The fourth-order valence-corrected chi connectivity index (χ4v) is 5.57. The molecule has 0 aromatic heterocycles. The van der Waals surface area contributed by atoms with Crippen LogP contribution in [0.4, 0.5) is 0 Å². The summed E-state index contributed by atoms with van der Waals surface area (Å²) in [6, 6.07) is 18.4.